The van der Waals surface area contributed by atoms with Crippen LogP contribution in [0.5, 0.6) is 5.75 Å². The maximum absolute atomic E-state index is 12.0. The molecule has 0 saturated carbocycles. The van der Waals surface area contributed by atoms with E-state index in [0.717, 1.165) is 34.7 Å². The lowest BCUT2D eigenvalue weighted by atomic mass is 10.1. The molecular weight excluding hydrogens is 368 g/mol. The number of aryl methyl sites for hydroxylation is 1. The van der Waals surface area contributed by atoms with Crippen molar-refractivity contribution in [3.8, 4) is 5.75 Å². The molecular formula is C20H25ClN2O2S. The Morgan fingerprint density at radius 1 is 1.31 bits per heavy atom. The smallest absolute Gasteiger partial charge is 0.261 e. The summed E-state index contributed by atoms with van der Waals surface area (Å²) in [5.41, 5.74) is 2.21. The Morgan fingerprint density at radius 2 is 2.12 bits per heavy atom. The van der Waals surface area contributed by atoms with Gasteiger partial charge < -0.3 is 10.1 Å². The van der Waals surface area contributed by atoms with Crippen LogP contribution < -0.4 is 10.1 Å². The van der Waals surface area contributed by atoms with Gasteiger partial charge in [0.05, 0.1) is 9.90 Å². The van der Waals surface area contributed by atoms with Gasteiger partial charge in [0, 0.05) is 13.1 Å². The lowest BCUT2D eigenvalue weighted by Crippen LogP contribution is -2.25. The summed E-state index contributed by atoms with van der Waals surface area (Å²) in [6.45, 7) is 6.53. The number of likely N-dealkylation sites (tertiary alicyclic amines) is 1. The van der Waals surface area contributed by atoms with Crippen LogP contribution in [0.3, 0.4) is 0 Å². The minimum Gasteiger partial charge on any atom is -0.491 e. The molecule has 1 fully saturated rings. The minimum atomic E-state index is -0.0175. The van der Waals surface area contributed by atoms with E-state index in [1.165, 1.54) is 37.3 Å². The van der Waals surface area contributed by atoms with E-state index in [4.69, 9.17) is 16.3 Å². The van der Waals surface area contributed by atoms with E-state index in [1.807, 2.05) is 36.6 Å². The first-order valence-electron chi connectivity index (χ1n) is 9.09. The highest BCUT2D eigenvalue weighted by molar-refractivity contribution is 7.12. The molecule has 2 aromatic rings. The molecule has 1 aliphatic rings. The summed E-state index contributed by atoms with van der Waals surface area (Å²) in [7, 11) is 0. The van der Waals surface area contributed by atoms with Crippen molar-refractivity contribution in [2.45, 2.75) is 26.2 Å². The van der Waals surface area contributed by atoms with E-state index < -0.39 is 0 Å². The van der Waals surface area contributed by atoms with E-state index in [0.29, 0.717) is 18.2 Å². The van der Waals surface area contributed by atoms with Crippen LogP contribution in [-0.2, 0) is 6.42 Å². The molecule has 6 heteroatoms. The molecule has 0 unspecified atom stereocenters. The van der Waals surface area contributed by atoms with E-state index in [9.17, 15) is 4.79 Å². The maximum atomic E-state index is 12.0. The molecule has 1 amide bonds. The Balaban J connectivity index is 1.42. The Morgan fingerprint density at radius 3 is 2.81 bits per heavy atom. The average molecular weight is 393 g/mol. The molecule has 3 rings (SSSR count). The molecule has 1 N–H and O–H groups in total. The van der Waals surface area contributed by atoms with Crippen LogP contribution in [0.1, 0.15) is 33.6 Å². The molecule has 0 aliphatic carbocycles. The largest absolute Gasteiger partial charge is 0.491 e. The lowest BCUT2D eigenvalue weighted by molar-refractivity contribution is 0.0958. The zero-order valence-corrected chi connectivity index (χ0v) is 16.7. The number of ether oxygens (including phenoxy) is 1. The monoisotopic (exact) mass is 392 g/mol. The van der Waals surface area contributed by atoms with E-state index in [1.54, 1.807) is 0 Å². The highest BCUT2D eigenvalue weighted by Gasteiger charge is 2.12. The number of nitrogens with one attached hydrogen (secondary N) is 1. The van der Waals surface area contributed by atoms with Crippen LogP contribution in [0.4, 0.5) is 0 Å². The number of rotatable bonds is 8. The Kier molecular flexibility index (Phi) is 6.94. The number of hydrogen-bond donors (Lipinski definition) is 1. The van der Waals surface area contributed by atoms with E-state index >= 15 is 0 Å². The molecule has 0 bridgehead atoms. The molecule has 26 heavy (non-hydrogen) atoms. The quantitative estimate of drug-likeness (QED) is 0.733. The lowest BCUT2D eigenvalue weighted by Gasteiger charge is -2.15. The van der Waals surface area contributed by atoms with Crippen LogP contribution in [0.25, 0.3) is 0 Å². The maximum Gasteiger partial charge on any atom is 0.261 e. The van der Waals surface area contributed by atoms with Crippen molar-refractivity contribution in [1.82, 2.24) is 10.2 Å². The molecule has 0 spiro atoms. The number of benzene rings is 1. The zero-order valence-electron chi connectivity index (χ0n) is 15.1. The first kappa shape index (κ1) is 19.2. The summed E-state index contributed by atoms with van der Waals surface area (Å²) in [5.74, 6) is 0.712. The third kappa shape index (κ3) is 5.47. The topological polar surface area (TPSA) is 41.6 Å². The van der Waals surface area contributed by atoms with Crippen LogP contribution in [0.2, 0.25) is 5.02 Å². The second-order valence-electron chi connectivity index (χ2n) is 6.66. The van der Waals surface area contributed by atoms with Gasteiger partial charge in [-0.25, -0.2) is 0 Å². The van der Waals surface area contributed by atoms with Gasteiger partial charge in [0.1, 0.15) is 12.4 Å². The summed E-state index contributed by atoms with van der Waals surface area (Å²) in [6, 6.07) is 7.77. The standard InChI is InChI=1S/C20H25ClN2O2S/c1-15-12-19(26-14-15)20(24)22-7-6-16-4-5-18(17(21)13-16)25-11-10-23-8-2-3-9-23/h4-5,12-14H,2-3,6-11H2,1H3,(H,22,24). The number of halogens is 1. The van der Waals surface area contributed by atoms with Crippen LogP contribution in [0.15, 0.2) is 29.6 Å². The number of nitrogens with zero attached hydrogens (tertiary/aromatic N) is 1. The summed E-state index contributed by atoms with van der Waals surface area (Å²) in [5, 5.41) is 5.56. The highest BCUT2D eigenvalue weighted by Crippen LogP contribution is 2.25. The minimum absolute atomic E-state index is 0.0175. The SMILES string of the molecule is Cc1csc(C(=O)NCCc2ccc(OCCN3CCCC3)c(Cl)c2)c1. The van der Waals surface area contributed by atoms with Crippen molar-refractivity contribution >= 4 is 28.8 Å². The molecule has 1 aromatic heterocycles. The highest BCUT2D eigenvalue weighted by atomic mass is 35.5. The predicted octanol–water partition coefficient (Wildman–Crippen LogP) is 4.16. The molecule has 1 aromatic carbocycles. The molecule has 0 atom stereocenters. The Hall–Kier alpha value is -1.56. The van der Waals surface area contributed by atoms with Crippen LogP contribution in [-0.4, -0.2) is 43.6 Å². The van der Waals surface area contributed by atoms with Gasteiger partial charge in [0.2, 0.25) is 0 Å². The molecule has 140 valence electrons. The molecule has 0 radical (unpaired) electrons. The number of hydrogen-bond acceptors (Lipinski definition) is 4. The average Bonchev–Trinajstić information content (AvgIpc) is 3.28. The first-order chi connectivity index (χ1) is 12.6. The van der Waals surface area contributed by atoms with Gasteiger partial charge in [-0.05, 0) is 74.0 Å². The fraction of sp³-hybridized carbons (Fsp3) is 0.450. The second-order valence-corrected chi connectivity index (χ2v) is 7.97. The van der Waals surface area contributed by atoms with E-state index in [2.05, 4.69) is 10.2 Å². The predicted molar refractivity (Wildman–Crippen MR) is 108 cm³/mol. The summed E-state index contributed by atoms with van der Waals surface area (Å²) in [6.07, 6.45) is 3.32. The van der Waals surface area contributed by atoms with E-state index in [-0.39, 0.29) is 5.91 Å². The van der Waals surface area contributed by atoms with Crippen LogP contribution in [0, 0.1) is 6.92 Å². The fourth-order valence-electron chi connectivity index (χ4n) is 3.07. The summed E-state index contributed by atoms with van der Waals surface area (Å²) < 4.78 is 5.81. The van der Waals surface area contributed by atoms with Gasteiger partial charge in [0.15, 0.2) is 0 Å². The summed E-state index contributed by atoms with van der Waals surface area (Å²) in [4.78, 5) is 15.2. The number of amides is 1. The van der Waals surface area contributed by atoms with Gasteiger partial charge in [0.25, 0.3) is 5.91 Å². The number of carbonyl (C=O) groups excluding carboxylic acids is 1. The molecule has 2 heterocycles. The van der Waals surface area contributed by atoms with Crippen molar-refractivity contribution in [2.24, 2.45) is 0 Å². The Labute approximate surface area is 164 Å². The van der Waals surface area contributed by atoms with Crippen molar-refractivity contribution in [2.75, 3.05) is 32.8 Å². The molecule has 4 nitrogen and oxygen atoms in total. The van der Waals surface area contributed by atoms with Gasteiger partial charge in [-0.3, -0.25) is 9.69 Å². The van der Waals surface area contributed by atoms with Gasteiger partial charge in [-0.2, -0.15) is 0 Å². The fourth-order valence-corrected chi connectivity index (χ4v) is 4.14. The number of thiophene rings is 1. The second kappa shape index (κ2) is 9.40. The van der Waals surface area contributed by atoms with Crippen molar-refractivity contribution in [3.05, 3.63) is 50.7 Å². The van der Waals surface area contributed by atoms with Crippen molar-refractivity contribution in [3.63, 3.8) is 0 Å². The van der Waals surface area contributed by atoms with Crippen molar-refractivity contribution in [1.29, 1.82) is 0 Å². The van der Waals surface area contributed by atoms with Crippen molar-refractivity contribution < 1.29 is 9.53 Å². The van der Waals surface area contributed by atoms with Gasteiger partial charge in [-0.1, -0.05) is 17.7 Å². The summed E-state index contributed by atoms with van der Waals surface area (Å²) >= 11 is 7.81. The normalized spacial score (nSPS) is 14.5. The third-order valence-corrected chi connectivity index (χ3v) is 5.86. The van der Waals surface area contributed by atoms with Gasteiger partial charge in [-0.15, -0.1) is 11.3 Å². The Bertz CT molecular complexity index is 741. The first-order valence-corrected chi connectivity index (χ1v) is 10.3. The van der Waals surface area contributed by atoms with Gasteiger partial charge >= 0.3 is 0 Å². The third-order valence-electron chi connectivity index (χ3n) is 4.51. The number of carbonyl (C=O) groups is 1. The molecule has 1 saturated heterocycles. The van der Waals surface area contributed by atoms with Crippen LogP contribution >= 0.6 is 22.9 Å². The zero-order chi connectivity index (χ0) is 18.4. The molecule has 1 aliphatic heterocycles.